The maximum atomic E-state index is 12.5. The minimum absolute atomic E-state index is 0.0833. The van der Waals surface area contributed by atoms with Crippen LogP contribution in [0, 0.1) is 0 Å². The van der Waals surface area contributed by atoms with Crippen LogP contribution in [0.4, 0.5) is 5.69 Å². The molecular formula is C19H20Cl2N2O3S. The molecule has 0 aliphatic heterocycles. The Bertz CT molecular complexity index is 815. The maximum Gasteiger partial charge on any atom is 0.244 e. The van der Waals surface area contributed by atoms with Gasteiger partial charge in [0.1, 0.15) is 5.75 Å². The van der Waals surface area contributed by atoms with Gasteiger partial charge in [0.25, 0.3) is 0 Å². The molecule has 0 fully saturated rings. The van der Waals surface area contributed by atoms with E-state index in [4.69, 9.17) is 27.9 Å². The Hall–Kier alpha value is -1.89. The highest BCUT2D eigenvalue weighted by atomic mass is 35.5. The van der Waals surface area contributed by atoms with Gasteiger partial charge in [0.2, 0.25) is 11.8 Å². The van der Waals surface area contributed by atoms with E-state index in [1.54, 1.807) is 44.3 Å². The summed E-state index contributed by atoms with van der Waals surface area (Å²) in [5.41, 5.74) is 0.458. The number of rotatable bonds is 7. The Morgan fingerprint density at radius 1 is 1.15 bits per heavy atom. The summed E-state index contributed by atoms with van der Waals surface area (Å²) in [7, 11) is 3.10. The van der Waals surface area contributed by atoms with Crippen molar-refractivity contribution >= 4 is 52.5 Å². The zero-order valence-corrected chi connectivity index (χ0v) is 17.5. The first-order chi connectivity index (χ1) is 12.8. The lowest BCUT2D eigenvalue weighted by atomic mass is 10.3. The molecule has 0 heterocycles. The summed E-state index contributed by atoms with van der Waals surface area (Å²) in [5, 5.41) is 3.49. The monoisotopic (exact) mass is 426 g/mol. The Morgan fingerprint density at radius 3 is 2.41 bits per heavy atom. The van der Waals surface area contributed by atoms with Crippen LogP contribution in [0.3, 0.4) is 0 Å². The number of likely N-dealkylation sites (N-methyl/N-ethyl adjacent to an activating group) is 1. The summed E-state index contributed by atoms with van der Waals surface area (Å²) >= 11 is 13.2. The zero-order valence-electron chi connectivity index (χ0n) is 15.2. The lowest BCUT2D eigenvalue weighted by Gasteiger charge is -2.21. The molecule has 27 heavy (non-hydrogen) atoms. The third-order valence-electron chi connectivity index (χ3n) is 3.67. The maximum absolute atomic E-state index is 12.5. The van der Waals surface area contributed by atoms with E-state index in [0.29, 0.717) is 21.5 Å². The molecule has 144 valence electrons. The summed E-state index contributed by atoms with van der Waals surface area (Å²) in [6.45, 7) is 1.72. The zero-order chi connectivity index (χ0) is 20.0. The van der Waals surface area contributed by atoms with Crippen molar-refractivity contribution < 1.29 is 14.3 Å². The molecular weight excluding hydrogens is 407 g/mol. The van der Waals surface area contributed by atoms with E-state index in [-0.39, 0.29) is 23.6 Å². The van der Waals surface area contributed by atoms with E-state index in [1.807, 2.05) is 12.1 Å². The number of ether oxygens (including phenoxy) is 1. The number of carbonyl (C=O) groups excluding carboxylic acids is 2. The molecule has 0 saturated carbocycles. The van der Waals surface area contributed by atoms with Crippen molar-refractivity contribution in [3.8, 4) is 5.75 Å². The van der Waals surface area contributed by atoms with Gasteiger partial charge >= 0.3 is 0 Å². The molecule has 8 heteroatoms. The second-order valence-corrected chi connectivity index (χ2v) is 8.09. The Balaban J connectivity index is 1.94. The second kappa shape index (κ2) is 9.88. The number of thioether (sulfide) groups is 1. The van der Waals surface area contributed by atoms with E-state index >= 15 is 0 Å². The average Bonchev–Trinajstić information content (AvgIpc) is 2.63. The van der Waals surface area contributed by atoms with Crippen LogP contribution < -0.4 is 10.1 Å². The Morgan fingerprint density at radius 2 is 1.78 bits per heavy atom. The van der Waals surface area contributed by atoms with Crippen LogP contribution in [0.1, 0.15) is 6.92 Å². The van der Waals surface area contributed by atoms with Crippen LogP contribution in [-0.2, 0) is 9.59 Å². The molecule has 0 saturated heterocycles. The lowest BCUT2D eigenvalue weighted by Crippen LogP contribution is -2.38. The van der Waals surface area contributed by atoms with Gasteiger partial charge in [0, 0.05) is 22.0 Å². The number of halogens is 2. The molecule has 0 aliphatic rings. The molecule has 2 rings (SSSR count). The first-order valence-electron chi connectivity index (χ1n) is 8.10. The number of methoxy groups -OCH3 is 1. The molecule has 0 aromatic heterocycles. The Labute approximate surface area is 173 Å². The van der Waals surface area contributed by atoms with Gasteiger partial charge in [-0.2, -0.15) is 0 Å². The first-order valence-corrected chi connectivity index (χ1v) is 9.74. The van der Waals surface area contributed by atoms with Crippen molar-refractivity contribution in [1.82, 2.24) is 4.90 Å². The van der Waals surface area contributed by atoms with Gasteiger partial charge in [-0.05, 0) is 49.4 Å². The van der Waals surface area contributed by atoms with Crippen molar-refractivity contribution in [1.29, 1.82) is 0 Å². The van der Waals surface area contributed by atoms with Gasteiger partial charge in [-0.15, -0.1) is 11.8 Å². The summed E-state index contributed by atoms with van der Waals surface area (Å²) < 4.78 is 5.20. The summed E-state index contributed by atoms with van der Waals surface area (Å²) in [6.07, 6.45) is 0. The van der Waals surface area contributed by atoms with Crippen LogP contribution in [0.5, 0.6) is 5.75 Å². The van der Waals surface area contributed by atoms with E-state index < -0.39 is 0 Å². The van der Waals surface area contributed by atoms with Crippen molar-refractivity contribution in [3.63, 3.8) is 0 Å². The van der Waals surface area contributed by atoms with Crippen LogP contribution in [0.2, 0.25) is 10.0 Å². The van der Waals surface area contributed by atoms with Crippen molar-refractivity contribution in [3.05, 3.63) is 52.5 Å². The summed E-state index contributed by atoms with van der Waals surface area (Å²) in [6, 6.07) is 12.2. The molecule has 1 atom stereocenters. The molecule has 2 aromatic carbocycles. The number of carbonyl (C=O) groups is 2. The van der Waals surface area contributed by atoms with E-state index in [1.165, 1.54) is 23.8 Å². The summed E-state index contributed by atoms with van der Waals surface area (Å²) in [5.74, 6) is 0.00617. The fourth-order valence-electron chi connectivity index (χ4n) is 2.34. The highest BCUT2D eigenvalue weighted by molar-refractivity contribution is 8.00. The highest BCUT2D eigenvalue weighted by Crippen LogP contribution is 2.28. The van der Waals surface area contributed by atoms with Gasteiger partial charge in [0.15, 0.2) is 0 Å². The van der Waals surface area contributed by atoms with Crippen molar-refractivity contribution in [2.75, 3.05) is 26.0 Å². The van der Waals surface area contributed by atoms with E-state index in [0.717, 1.165) is 4.90 Å². The van der Waals surface area contributed by atoms with E-state index in [2.05, 4.69) is 5.32 Å². The fourth-order valence-corrected chi connectivity index (χ4v) is 3.62. The Kier molecular flexibility index (Phi) is 7.83. The number of nitrogens with zero attached hydrogens (tertiary/aromatic N) is 1. The van der Waals surface area contributed by atoms with Crippen LogP contribution in [-0.4, -0.2) is 42.7 Å². The molecule has 5 nitrogen and oxygen atoms in total. The third kappa shape index (κ3) is 6.34. The van der Waals surface area contributed by atoms with Gasteiger partial charge < -0.3 is 15.0 Å². The van der Waals surface area contributed by atoms with Gasteiger partial charge in [0.05, 0.1) is 24.6 Å². The van der Waals surface area contributed by atoms with Crippen LogP contribution in [0.15, 0.2) is 47.4 Å². The normalized spacial score (nSPS) is 11.6. The lowest BCUT2D eigenvalue weighted by molar-refractivity contribution is -0.132. The van der Waals surface area contributed by atoms with Gasteiger partial charge in [-0.3, -0.25) is 9.59 Å². The minimum atomic E-state index is -0.343. The van der Waals surface area contributed by atoms with Crippen LogP contribution in [0.25, 0.3) is 0 Å². The quantitative estimate of drug-likeness (QED) is 0.658. The van der Waals surface area contributed by atoms with Gasteiger partial charge in [-0.25, -0.2) is 0 Å². The largest absolute Gasteiger partial charge is 0.495 e. The molecule has 2 aromatic rings. The van der Waals surface area contributed by atoms with E-state index in [9.17, 15) is 9.59 Å². The number of benzene rings is 2. The second-order valence-electron chi connectivity index (χ2n) is 5.80. The molecule has 0 radical (unpaired) electrons. The number of anilines is 1. The molecule has 1 unspecified atom stereocenters. The number of hydrogen-bond donors (Lipinski definition) is 1. The van der Waals surface area contributed by atoms with Gasteiger partial charge in [-0.1, -0.05) is 23.2 Å². The number of hydrogen-bond acceptors (Lipinski definition) is 4. The smallest absolute Gasteiger partial charge is 0.244 e. The standard InChI is InChI=1S/C19H20Cl2N2O3S/c1-12(27-15-7-4-13(20)5-8-15)19(25)23(2)11-18(24)22-16-10-14(21)6-9-17(16)26-3/h4-10,12H,11H2,1-3H3,(H,22,24). The molecule has 0 bridgehead atoms. The third-order valence-corrected chi connectivity index (χ3v) is 5.25. The van der Waals surface area contributed by atoms with Crippen molar-refractivity contribution in [2.45, 2.75) is 17.1 Å². The summed E-state index contributed by atoms with van der Waals surface area (Å²) in [4.78, 5) is 27.2. The SMILES string of the molecule is COc1ccc(Cl)cc1NC(=O)CN(C)C(=O)C(C)Sc1ccc(Cl)cc1. The topological polar surface area (TPSA) is 58.6 Å². The number of nitrogens with one attached hydrogen (secondary N) is 1. The molecule has 2 amide bonds. The molecule has 0 spiro atoms. The first kappa shape index (κ1) is 21.4. The van der Waals surface area contributed by atoms with Crippen LogP contribution >= 0.6 is 35.0 Å². The molecule has 0 aliphatic carbocycles. The highest BCUT2D eigenvalue weighted by Gasteiger charge is 2.21. The fraction of sp³-hybridized carbons (Fsp3) is 0.263. The number of amides is 2. The molecule has 1 N–H and O–H groups in total. The predicted molar refractivity (Wildman–Crippen MR) is 111 cm³/mol. The predicted octanol–water partition coefficient (Wildman–Crippen LogP) is 4.58. The average molecular weight is 427 g/mol. The van der Waals surface area contributed by atoms with Crippen molar-refractivity contribution in [2.24, 2.45) is 0 Å². The minimum Gasteiger partial charge on any atom is -0.495 e.